The summed E-state index contributed by atoms with van der Waals surface area (Å²) >= 11 is 0. The smallest absolute Gasteiger partial charge is 0.00956 e. The van der Waals surface area contributed by atoms with E-state index in [9.17, 15) is 0 Å². The molecule has 0 amide bonds. The van der Waals surface area contributed by atoms with Gasteiger partial charge in [0.25, 0.3) is 0 Å². The van der Waals surface area contributed by atoms with Crippen molar-refractivity contribution in [1.82, 2.24) is 15.1 Å². The van der Waals surface area contributed by atoms with Gasteiger partial charge in [-0.2, -0.15) is 0 Å². The molecule has 3 heterocycles. The number of rotatable bonds is 3. The van der Waals surface area contributed by atoms with E-state index in [0.717, 1.165) is 17.9 Å². The molecule has 162 valence electrons. The third-order valence-electron chi connectivity index (χ3n) is 9.18. The van der Waals surface area contributed by atoms with Crippen molar-refractivity contribution in [2.45, 2.75) is 91.0 Å². The van der Waals surface area contributed by atoms with Gasteiger partial charge in [-0.25, -0.2) is 0 Å². The van der Waals surface area contributed by atoms with Crippen LogP contribution in [0, 0.1) is 22.7 Å². The maximum atomic E-state index is 3.52. The summed E-state index contributed by atoms with van der Waals surface area (Å²) in [5.41, 5.74) is 1.22. The molecular formula is C25H47N3. The Balaban J connectivity index is 1.18. The lowest BCUT2D eigenvalue weighted by Gasteiger charge is -2.49. The third kappa shape index (κ3) is 5.13. The van der Waals surface area contributed by atoms with Gasteiger partial charge in [0.1, 0.15) is 0 Å². The maximum absolute atomic E-state index is 3.52. The number of nitrogens with one attached hydrogen (secondary N) is 1. The Labute approximate surface area is 175 Å². The number of nitrogens with zero attached hydrogens (tertiary/aromatic N) is 2. The molecule has 0 radical (unpaired) electrons. The molecule has 3 heteroatoms. The highest BCUT2D eigenvalue weighted by atomic mass is 15.2. The van der Waals surface area contributed by atoms with Crippen molar-refractivity contribution in [2.24, 2.45) is 22.7 Å². The molecular weight excluding hydrogens is 342 g/mol. The monoisotopic (exact) mass is 389 g/mol. The van der Waals surface area contributed by atoms with Gasteiger partial charge in [-0.05, 0) is 126 Å². The Kier molecular flexibility index (Phi) is 6.74. The van der Waals surface area contributed by atoms with Gasteiger partial charge in [0, 0.05) is 12.6 Å². The van der Waals surface area contributed by atoms with Crippen LogP contribution in [-0.2, 0) is 0 Å². The quantitative estimate of drug-likeness (QED) is 0.750. The molecule has 3 nitrogen and oxygen atoms in total. The van der Waals surface area contributed by atoms with E-state index in [4.69, 9.17) is 0 Å². The average Bonchev–Trinajstić information content (AvgIpc) is 2.71. The van der Waals surface area contributed by atoms with Gasteiger partial charge in [0.2, 0.25) is 0 Å². The van der Waals surface area contributed by atoms with Gasteiger partial charge in [-0.3, -0.25) is 0 Å². The van der Waals surface area contributed by atoms with Crippen molar-refractivity contribution >= 4 is 0 Å². The predicted octanol–water partition coefficient (Wildman–Crippen LogP) is 4.77. The van der Waals surface area contributed by atoms with Crippen molar-refractivity contribution in [3.63, 3.8) is 0 Å². The van der Waals surface area contributed by atoms with Crippen molar-refractivity contribution in [1.29, 1.82) is 0 Å². The topological polar surface area (TPSA) is 18.5 Å². The number of hydrogen-bond acceptors (Lipinski definition) is 3. The van der Waals surface area contributed by atoms with Gasteiger partial charge in [0.15, 0.2) is 0 Å². The van der Waals surface area contributed by atoms with Gasteiger partial charge in [-0.15, -0.1) is 0 Å². The number of likely N-dealkylation sites (tertiary alicyclic amines) is 2. The van der Waals surface area contributed by atoms with Crippen LogP contribution < -0.4 is 5.32 Å². The molecule has 1 saturated carbocycles. The minimum absolute atomic E-state index is 0.505. The molecule has 0 aromatic heterocycles. The van der Waals surface area contributed by atoms with Crippen LogP contribution in [0.15, 0.2) is 0 Å². The third-order valence-corrected chi connectivity index (χ3v) is 9.18. The van der Waals surface area contributed by atoms with Crippen LogP contribution in [0.2, 0.25) is 0 Å². The summed E-state index contributed by atoms with van der Waals surface area (Å²) in [6, 6.07) is 0.902. The van der Waals surface area contributed by atoms with Crippen LogP contribution in [0.25, 0.3) is 0 Å². The van der Waals surface area contributed by atoms with E-state index in [1.165, 1.54) is 110 Å². The van der Waals surface area contributed by atoms with E-state index in [1.807, 2.05) is 0 Å². The molecule has 1 N–H and O–H groups in total. The highest BCUT2D eigenvalue weighted by molar-refractivity contribution is 4.94. The molecule has 4 aliphatic rings. The zero-order valence-electron chi connectivity index (χ0n) is 19.1. The first-order valence-electron chi connectivity index (χ1n) is 12.6. The Morgan fingerprint density at radius 3 is 1.96 bits per heavy atom. The Hall–Kier alpha value is -0.120. The molecule has 4 fully saturated rings. The second-order valence-electron chi connectivity index (χ2n) is 11.9. The van der Waals surface area contributed by atoms with Gasteiger partial charge < -0.3 is 15.1 Å². The molecule has 0 aromatic rings. The average molecular weight is 390 g/mol. The SMILES string of the molecule is CC(C)(C)C1CCN(C2CCC3(CC2)CCN(CC2CCNCC2)CC3)CC1. The summed E-state index contributed by atoms with van der Waals surface area (Å²) in [5, 5.41) is 3.52. The molecule has 3 saturated heterocycles. The van der Waals surface area contributed by atoms with Gasteiger partial charge >= 0.3 is 0 Å². The van der Waals surface area contributed by atoms with Gasteiger partial charge in [-0.1, -0.05) is 20.8 Å². The van der Waals surface area contributed by atoms with Crippen LogP contribution >= 0.6 is 0 Å². The molecule has 3 aliphatic heterocycles. The Morgan fingerprint density at radius 2 is 1.39 bits per heavy atom. The highest BCUT2D eigenvalue weighted by Crippen LogP contribution is 2.46. The Morgan fingerprint density at radius 1 is 0.786 bits per heavy atom. The second kappa shape index (κ2) is 8.94. The van der Waals surface area contributed by atoms with Crippen molar-refractivity contribution < 1.29 is 0 Å². The van der Waals surface area contributed by atoms with Crippen LogP contribution in [0.1, 0.15) is 85.0 Å². The van der Waals surface area contributed by atoms with Crippen molar-refractivity contribution in [3.05, 3.63) is 0 Å². The predicted molar refractivity (Wildman–Crippen MR) is 120 cm³/mol. The lowest BCUT2D eigenvalue weighted by atomic mass is 9.66. The molecule has 0 bridgehead atoms. The van der Waals surface area contributed by atoms with E-state index in [2.05, 4.69) is 35.9 Å². The van der Waals surface area contributed by atoms with Crippen LogP contribution in [0.4, 0.5) is 0 Å². The lowest BCUT2D eigenvalue weighted by molar-refractivity contribution is 0.0109. The standard InChI is InChI=1S/C25H47N3/c1-24(2,3)22-8-16-28(17-9-22)23-4-10-25(11-5-23)12-18-27(19-13-25)20-21-6-14-26-15-7-21/h21-23,26H,4-20H2,1-3H3. The summed E-state index contributed by atoms with van der Waals surface area (Å²) in [7, 11) is 0. The van der Waals surface area contributed by atoms with E-state index >= 15 is 0 Å². The zero-order valence-corrected chi connectivity index (χ0v) is 19.1. The minimum atomic E-state index is 0.505. The molecule has 28 heavy (non-hydrogen) atoms. The first-order valence-corrected chi connectivity index (χ1v) is 12.6. The summed E-state index contributed by atoms with van der Waals surface area (Å²) in [6.45, 7) is 16.7. The fourth-order valence-corrected chi connectivity index (χ4v) is 6.85. The van der Waals surface area contributed by atoms with Crippen molar-refractivity contribution in [3.8, 4) is 0 Å². The summed E-state index contributed by atoms with van der Waals surface area (Å²) in [5.74, 6) is 1.89. The second-order valence-corrected chi connectivity index (χ2v) is 11.9. The molecule has 4 rings (SSSR count). The minimum Gasteiger partial charge on any atom is -0.317 e. The van der Waals surface area contributed by atoms with Crippen molar-refractivity contribution in [2.75, 3.05) is 45.8 Å². The largest absolute Gasteiger partial charge is 0.317 e. The van der Waals surface area contributed by atoms with Crippen LogP contribution in [0.3, 0.4) is 0 Å². The summed E-state index contributed by atoms with van der Waals surface area (Å²) < 4.78 is 0. The summed E-state index contributed by atoms with van der Waals surface area (Å²) in [4.78, 5) is 5.69. The molecule has 0 unspecified atom stereocenters. The first-order chi connectivity index (χ1) is 13.4. The van der Waals surface area contributed by atoms with E-state index < -0.39 is 0 Å². The summed E-state index contributed by atoms with van der Waals surface area (Å²) in [6.07, 6.45) is 14.6. The lowest BCUT2D eigenvalue weighted by Crippen LogP contribution is -2.49. The molecule has 1 spiro atoms. The fourth-order valence-electron chi connectivity index (χ4n) is 6.85. The zero-order chi connectivity index (χ0) is 19.6. The number of piperidine rings is 3. The molecule has 1 aliphatic carbocycles. The Bertz CT molecular complexity index is 465. The number of hydrogen-bond donors (Lipinski definition) is 1. The van der Waals surface area contributed by atoms with E-state index in [-0.39, 0.29) is 0 Å². The van der Waals surface area contributed by atoms with Gasteiger partial charge in [0.05, 0.1) is 0 Å². The maximum Gasteiger partial charge on any atom is 0.00956 e. The van der Waals surface area contributed by atoms with Crippen LogP contribution in [-0.4, -0.2) is 61.7 Å². The normalized spacial score (nSPS) is 30.1. The first kappa shape index (κ1) is 21.1. The molecule has 0 atom stereocenters. The highest BCUT2D eigenvalue weighted by Gasteiger charge is 2.40. The fraction of sp³-hybridized carbons (Fsp3) is 1.00. The van der Waals surface area contributed by atoms with E-state index in [1.54, 1.807) is 0 Å². The van der Waals surface area contributed by atoms with E-state index in [0.29, 0.717) is 10.8 Å². The molecule has 0 aromatic carbocycles. The van der Waals surface area contributed by atoms with Crippen LogP contribution in [0.5, 0.6) is 0 Å².